The van der Waals surface area contributed by atoms with Crippen LogP contribution in [0.3, 0.4) is 0 Å². The van der Waals surface area contributed by atoms with Gasteiger partial charge in [-0.25, -0.2) is 8.96 Å². The molecule has 1 aromatic carbocycles. The Hall–Kier alpha value is -2.05. The smallest absolute Gasteiger partial charge is 0.403 e. The zero-order valence-corrected chi connectivity index (χ0v) is 19.0. The first-order valence-electron chi connectivity index (χ1n) is 10.3. The molecule has 11 nitrogen and oxygen atoms in total. The number of ether oxygens (including phenoxy) is 1. The average molecular weight is 488 g/mol. The van der Waals surface area contributed by atoms with E-state index in [1.807, 2.05) is 19.1 Å². The molecule has 0 radical (unpaired) electrons. The van der Waals surface area contributed by atoms with Crippen LogP contribution in [0.2, 0.25) is 0 Å². The molecule has 1 fully saturated rings. The number of nitrogens with one attached hydrogen (secondary N) is 1. The van der Waals surface area contributed by atoms with Crippen LogP contribution >= 0.6 is 7.82 Å². The van der Waals surface area contributed by atoms with Crippen LogP contribution in [0.1, 0.15) is 16.7 Å². The van der Waals surface area contributed by atoms with Gasteiger partial charge < -0.3 is 34.8 Å². The number of aryl methyl sites for hydroxylation is 2. The van der Waals surface area contributed by atoms with E-state index in [2.05, 4.69) is 5.32 Å². The standard InChI is InChI=1S/C20H26FN2O9P/c1-11-3-12(2)17-13(4-11)8-29-33(28,32-17)30-9-20(21)18(26)16(25)15(31-20)6-23-5-14(7-24)19(27)22-10-23/h3-5,15-16,18,24-26H,6-10H2,1-2H3,(H,22,27)/t15-,16-,18-,20+,33?/m0/s1. The Morgan fingerprint density at radius 2 is 2.12 bits per heavy atom. The molecule has 1 saturated heterocycles. The van der Waals surface area contributed by atoms with Crippen molar-refractivity contribution >= 4 is 13.7 Å². The predicted octanol–water partition coefficient (Wildman–Crippen LogP) is 0.389. The molecule has 1 aromatic rings. The number of alkyl halides is 1. The number of fused-ring (bicyclic) bond motifs is 1. The lowest BCUT2D eigenvalue weighted by molar-refractivity contribution is -0.194. The summed E-state index contributed by atoms with van der Waals surface area (Å²) >= 11 is 0. The van der Waals surface area contributed by atoms with Gasteiger partial charge in [0.15, 0.2) is 0 Å². The van der Waals surface area contributed by atoms with Crippen LogP contribution < -0.4 is 9.84 Å². The number of amides is 1. The molecular formula is C20H26FN2O9P. The molecule has 0 saturated carbocycles. The van der Waals surface area contributed by atoms with Gasteiger partial charge in [0.1, 0.15) is 30.7 Å². The van der Waals surface area contributed by atoms with Crippen molar-refractivity contribution in [1.29, 1.82) is 0 Å². The largest absolute Gasteiger partial charge is 0.530 e. The lowest BCUT2D eigenvalue weighted by Crippen LogP contribution is -2.46. The van der Waals surface area contributed by atoms with Gasteiger partial charge in [-0.1, -0.05) is 17.7 Å². The number of hydrogen-bond donors (Lipinski definition) is 4. The van der Waals surface area contributed by atoms with Gasteiger partial charge in [0.05, 0.1) is 25.5 Å². The van der Waals surface area contributed by atoms with Crippen molar-refractivity contribution in [2.75, 3.05) is 26.4 Å². The first-order chi connectivity index (χ1) is 15.5. The maximum Gasteiger partial charge on any atom is 0.530 e. The van der Waals surface area contributed by atoms with Crippen molar-refractivity contribution in [2.24, 2.45) is 0 Å². The summed E-state index contributed by atoms with van der Waals surface area (Å²) in [5, 5.41) is 32.3. The summed E-state index contributed by atoms with van der Waals surface area (Å²) in [5.41, 5.74) is 2.44. The summed E-state index contributed by atoms with van der Waals surface area (Å²) in [4.78, 5) is 13.1. The average Bonchev–Trinajstić information content (AvgIpc) is 2.98. The van der Waals surface area contributed by atoms with Crippen LogP contribution in [0.15, 0.2) is 23.9 Å². The van der Waals surface area contributed by atoms with Crippen LogP contribution in [0.5, 0.6) is 5.75 Å². The second-order valence-corrected chi connectivity index (χ2v) is 9.87. The van der Waals surface area contributed by atoms with E-state index in [0.717, 1.165) is 5.56 Å². The Labute approximate surface area is 189 Å². The van der Waals surface area contributed by atoms with Gasteiger partial charge in [-0.2, -0.15) is 0 Å². The van der Waals surface area contributed by atoms with Gasteiger partial charge in [-0.05, 0) is 19.4 Å². The minimum absolute atomic E-state index is 0.0376. The Bertz CT molecular complexity index is 1020. The highest BCUT2D eigenvalue weighted by Gasteiger charge is 2.57. The van der Waals surface area contributed by atoms with Gasteiger partial charge in [-0.15, -0.1) is 0 Å². The lowest BCUT2D eigenvalue weighted by Gasteiger charge is -2.30. The van der Waals surface area contributed by atoms with E-state index < -0.39 is 51.1 Å². The molecule has 0 aliphatic carbocycles. The Morgan fingerprint density at radius 1 is 1.36 bits per heavy atom. The molecule has 33 heavy (non-hydrogen) atoms. The summed E-state index contributed by atoms with van der Waals surface area (Å²) in [7, 11) is -4.21. The van der Waals surface area contributed by atoms with Crippen molar-refractivity contribution in [3.8, 4) is 5.75 Å². The third kappa shape index (κ3) is 4.78. The highest BCUT2D eigenvalue weighted by atomic mass is 31.2. The molecule has 0 aromatic heterocycles. The molecule has 3 aliphatic rings. The molecular weight excluding hydrogens is 462 g/mol. The summed E-state index contributed by atoms with van der Waals surface area (Å²) < 4.78 is 49.3. The van der Waals surface area contributed by atoms with E-state index in [4.69, 9.17) is 18.3 Å². The van der Waals surface area contributed by atoms with E-state index >= 15 is 4.39 Å². The van der Waals surface area contributed by atoms with Crippen LogP contribution in [-0.2, 0) is 29.8 Å². The predicted molar refractivity (Wildman–Crippen MR) is 111 cm³/mol. The second kappa shape index (κ2) is 8.95. The topological polar surface area (TPSA) is 147 Å². The van der Waals surface area contributed by atoms with Gasteiger partial charge >= 0.3 is 7.82 Å². The Morgan fingerprint density at radius 3 is 2.85 bits per heavy atom. The number of rotatable bonds is 6. The van der Waals surface area contributed by atoms with Gasteiger partial charge in [0.2, 0.25) is 0 Å². The first-order valence-corrected chi connectivity index (χ1v) is 11.7. The lowest BCUT2D eigenvalue weighted by atomic mass is 10.1. The molecule has 5 atom stereocenters. The molecule has 13 heteroatoms. The maximum atomic E-state index is 15.4. The summed E-state index contributed by atoms with van der Waals surface area (Å²) in [6.07, 6.45) is -3.49. The molecule has 1 amide bonds. The Balaban J connectivity index is 1.41. The number of hydrogen-bond acceptors (Lipinski definition) is 10. The maximum absolute atomic E-state index is 15.4. The summed E-state index contributed by atoms with van der Waals surface area (Å²) in [6.45, 7) is 2.00. The van der Waals surface area contributed by atoms with Crippen molar-refractivity contribution in [3.63, 3.8) is 0 Å². The zero-order valence-electron chi connectivity index (χ0n) is 18.1. The van der Waals surface area contributed by atoms with Crippen molar-refractivity contribution in [1.82, 2.24) is 10.2 Å². The van der Waals surface area contributed by atoms with Gasteiger partial charge in [-0.3, -0.25) is 13.8 Å². The fourth-order valence-electron chi connectivity index (χ4n) is 3.98. The second-order valence-electron chi connectivity index (χ2n) is 8.28. The number of aliphatic hydroxyl groups is 3. The van der Waals surface area contributed by atoms with Crippen LogP contribution in [0, 0.1) is 13.8 Å². The number of aliphatic hydroxyl groups excluding tert-OH is 3. The molecule has 3 heterocycles. The summed E-state index contributed by atoms with van der Waals surface area (Å²) in [5.74, 6) is -3.01. The SMILES string of the molecule is Cc1cc(C)c2c(c1)COP(=O)(OC[C@@]1(F)O[C@@H](CN3C=C(CO)C(=O)NC3)[C@H](O)[C@@H]1O)O2. The number of nitrogens with zero attached hydrogens (tertiary/aromatic N) is 1. The third-order valence-corrected chi connectivity index (χ3v) is 6.94. The minimum atomic E-state index is -4.21. The highest BCUT2D eigenvalue weighted by Crippen LogP contribution is 2.56. The van der Waals surface area contributed by atoms with Crippen molar-refractivity contribution in [2.45, 2.75) is 44.6 Å². The molecule has 4 rings (SSSR count). The normalized spacial score (nSPS) is 33.9. The zero-order chi connectivity index (χ0) is 24.0. The van der Waals surface area contributed by atoms with E-state index in [1.165, 1.54) is 11.1 Å². The molecule has 0 bridgehead atoms. The fourth-order valence-corrected chi connectivity index (χ4v) is 5.28. The fraction of sp³-hybridized carbons (Fsp3) is 0.550. The van der Waals surface area contributed by atoms with Gasteiger partial charge in [0, 0.05) is 18.3 Å². The number of phosphoric ester groups is 1. The van der Waals surface area contributed by atoms with E-state index in [-0.39, 0.29) is 25.4 Å². The molecule has 3 aliphatic heterocycles. The van der Waals surface area contributed by atoms with E-state index in [0.29, 0.717) is 16.9 Å². The third-order valence-electron chi connectivity index (χ3n) is 5.65. The van der Waals surface area contributed by atoms with Crippen molar-refractivity contribution < 1.29 is 47.4 Å². The number of benzene rings is 1. The quantitative estimate of drug-likeness (QED) is 0.415. The highest BCUT2D eigenvalue weighted by molar-refractivity contribution is 7.49. The number of carbonyl (C=O) groups is 1. The monoisotopic (exact) mass is 488 g/mol. The number of phosphoric acid groups is 1. The molecule has 182 valence electrons. The summed E-state index contributed by atoms with van der Waals surface area (Å²) in [6, 6.07) is 3.64. The van der Waals surface area contributed by atoms with Gasteiger partial charge in [0.25, 0.3) is 11.8 Å². The van der Waals surface area contributed by atoms with E-state index in [9.17, 15) is 24.7 Å². The minimum Gasteiger partial charge on any atom is -0.403 e. The number of carbonyl (C=O) groups excluding carboxylic acids is 1. The van der Waals surface area contributed by atoms with Crippen LogP contribution in [-0.4, -0.2) is 76.7 Å². The van der Waals surface area contributed by atoms with Crippen molar-refractivity contribution in [3.05, 3.63) is 40.6 Å². The van der Waals surface area contributed by atoms with E-state index in [1.54, 1.807) is 6.92 Å². The molecule has 1 unspecified atom stereocenters. The number of halogens is 1. The molecule has 0 spiro atoms. The van der Waals surface area contributed by atoms with Crippen LogP contribution in [0.4, 0.5) is 4.39 Å². The molecule has 4 N–H and O–H groups in total. The first kappa shape index (κ1) is 24.1. The van der Waals surface area contributed by atoms with Crippen LogP contribution in [0.25, 0.3) is 0 Å². The Kier molecular flexibility index (Phi) is 6.53.